The summed E-state index contributed by atoms with van der Waals surface area (Å²) >= 11 is 0. The second-order valence-corrected chi connectivity index (χ2v) is 11.7. The Hall–Kier alpha value is -3.55. The van der Waals surface area contributed by atoms with Crippen LogP contribution in [0.1, 0.15) is 87.6 Å². The van der Waals surface area contributed by atoms with E-state index in [-0.39, 0.29) is 22.6 Å². The van der Waals surface area contributed by atoms with E-state index in [1.165, 1.54) is 18.2 Å². The van der Waals surface area contributed by atoms with Crippen LogP contribution in [0.2, 0.25) is 0 Å². The molecule has 202 valence electrons. The van der Waals surface area contributed by atoms with E-state index in [1.54, 1.807) is 11.0 Å². The molecule has 2 atom stereocenters. The van der Waals surface area contributed by atoms with Crippen LogP contribution in [-0.2, 0) is 11.8 Å². The topological polar surface area (TPSA) is 69.4 Å². The van der Waals surface area contributed by atoms with Crippen LogP contribution >= 0.6 is 0 Å². The van der Waals surface area contributed by atoms with Crippen molar-refractivity contribution in [3.63, 3.8) is 0 Å². The molecule has 0 amide bonds. The molecule has 0 aliphatic heterocycles. The zero-order valence-corrected chi connectivity index (χ0v) is 23.2. The van der Waals surface area contributed by atoms with Gasteiger partial charge in [-0.3, -0.25) is 0 Å². The predicted molar refractivity (Wildman–Crippen MR) is 146 cm³/mol. The molecule has 4 aromatic rings. The molecular formula is C31H34F2N6. The SMILES string of the molecule is CCC(CC)Cc1ncn(-c2cc(C)cc([C@@]34CC[C@@H](c5cc(-c6c(F)cccc6F)nnc53)C4(C)C)n2)n1. The van der Waals surface area contributed by atoms with Gasteiger partial charge >= 0.3 is 0 Å². The van der Waals surface area contributed by atoms with E-state index in [4.69, 9.17) is 10.1 Å². The first-order valence-corrected chi connectivity index (χ1v) is 13.9. The summed E-state index contributed by atoms with van der Waals surface area (Å²) in [5.74, 6) is 1.03. The van der Waals surface area contributed by atoms with Crippen LogP contribution in [-0.4, -0.2) is 29.9 Å². The molecular weight excluding hydrogens is 494 g/mol. The highest BCUT2D eigenvalue weighted by Gasteiger charge is 2.65. The Morgan fingerprint density at radius 2 is 1.79 bits per heavy atom. The molecule has 39 heavy (non-hydrogen) atoms. The van der Waals surface area contributed by atoms with E-state index in [9.17, 15) is 8.78 Å². The largest absolute Gasteiger partial charge is 0.233 e. The standard InChI is InChI=1S/C31H34F2N6/c1-6-19(7-2)15-26-34-17-39(38-26)27-14-18(3)13-25(35-27)31-12-11-21(30(31,4)5)20-16-24(36-37-29(20)31)28-22(32)9-8-10-23(28)33/h8-10,13-14,16-17,19,21H,6-7,11-12,15H2,1-5H3/t21-,31-/m0/s1. The molecule has 1 saturated carbocycles. The first kappa shape index (κ1) is 25.7. The molecule has 2 aliphatic rings. The molecule has 1 aromatic carbocycles. The minimum atomic E-state index is -0.636. The summed E-state index contributed by atoms with van der Waals surface area (Å²) in [4.78, 5) is 9.74. The highest BCUT2D eigenvalue weighted by molar-refractivity contribution is 5.64. The van der Waals surface area contributed by atoms with E-state index in [1.807, 2.05) is 12.1 Å². The molecule has 3 aromatic heterocycles. The van der Waals surface area contributed by atoms with Gasteiger partial charge in [-0.15, -0.1) is 10.2 Å². The normalized spacial score (nSPS) is 21.1. The Balaban J connectivity index is 1.44. The lowest BCUT2D eigenvalue weighted by Crippen LogP contribution is -2.38. The summed E-state index contributed by atoms with van der Waals surface area (Å²) in [6.45, 7) is 11.0. The molecule has 8 heteroatoms. The molecule has 0 N–H and O–H groups in total. The lowest BCUT2D eigenvalue weighted by molar-refractivity contribution is 0.242. The van der Waals surface area contributed by atoms with Crippen LogP contribution in [0, 0.1) is 29.9 Å². The Kier molecular flexibility index (Phi) is 6.12. The van der Waals surface area contributed by atoms with Crippen molar-refractivity contribution < 1.29 is 8.78 Å². The number of pyridine rings is 1. The van der Waals surface area contributed by atoms with Gasteiger partial charge in [-0.2, -0.15) is 5.10 Å². The van der Waals surface area contributed by atoms with Gasteiger partial charge in [-0.25, -0.2) is 23.4 Å². The molecule has 2 bridgehead atoms. The predicted octanol–water partition coefficient (Wildman–Crippen LogP) is 6.89. The number of hydrogen-bond donors (Lipinski definition) is 0. The fourth-order valence-corrected chi connectivity index (χ4v) is 7.08. The van der Waals surface area contributed by atoms with Crippen molar-refractivity contribution in [3.8, 4) is 17.1 Å². The zero-order valence-electron chi connectivity index (χ0n) is 23.2. The summed E-state index contributed by atoms with van der Waals surface area (Å²) in [5, 5.41) is 13.8. The van der Waals surface area contributed by atoms with Crippen LogP contribution < -0.4 is 0 Å². The number of nitrogens with zero attached hydrogens (tertiary/aromatic N) is 6. The van der Waals surface area contributed by atoms with E-state index in [0.717, 1.165) is 66.3 Å². The van der Waals surface area contributed by atoms with E-state index in [0.29, 0.717) is 5.92 Å². The van der Waals surface area contributed by atoms with Gasteiger partial charge in [0.2, 0.25) is 0 Å². The third kappa shape index (κ3) is 3.82. The van der Waals surface area contributed by atoms with Crippen LogP contribution in [0.5, 0.6) is 0 Å². The van der Waals surface area contributed by atoms with Gasteiger partial charge < -0.3 is 0 Å². The summed E-state index contributed by atoms with van der Waals surface area (Å²) in [7, 11) is 0. The molecule has 0 spiro atoms. The van der Waals surface area contributed by atoms with Gasteiger partial charge in [0.05, 0.1) is 28.1 Å². The summed E-state index contributed by atoms with van der Waals surface area (Å²) < 4.78 is 31.0. The number of hydrogen-bond acceptors (Lipinski definition) is 5. The van der Waals surface area contributed by atoms with Gasteiger partial charge in [-0.05, 0) is 78.5 Å². The van der Waals surface area contributed by atoms with Crippen molar-refractivity contribution in [3.05, 3.63) is 82.7 Å². The van der Waals surface area contributed by atoms with E-state index >= 15 is 0 Å². The number of halogens is 2. The number of fused-ring (bicyclic) bond motifs is 5. The highest BCUT2D eigenvalue weighted by atomic mass is 19.1. The summed E-state index contributed by atoms with van der Waals surface area (Å²) in [6.07, 6.45) is 6.63. The lowest BCUT2D eigenvalue weighted by atomic mass is 9.66. The zero-order chi connectivity index (χ0) is 27.5. The molecule has 0 saturated heterocycles. The van der Waals surface area contributed by atoms with Crippen molar-refractivity contribution in [1.82, 2.24) is 29.9 Å². The van der Waals surface area contributed by atoms with Crippen molar-refractivity contribution in [2.24, 2.45) is 11.3 Å². The third-order valence-corrected chi connectivity index (χ3v) is 9.39. The van der Waals surface area contributed by atoms with Gasteiger partial charge in [0.15, 0.2) is 11.6 Å². The average molecular weight is 529 g/mol. The second-order valence-electron chi connectivity index (χ2n) is 11.7. The van der Waals surface area contributed by atoms with E-state index < -0.39 is 17.0 Å². The lowest BCUT2D eigenvalue weighted by Gasteiger charge is -2.37. The Morgan fingerprint density at radius 1 is 1.05 bits per heavy atom. The van der Waals surface area contributed by atoms with Crippen molar-refractivity contribution in [1.29, 1.82) is 0 Å². The Morgan fingerprint density at radius 3 is 2.51 bits per heavy atom. The number of benzene rings is 1. The second kappa shape index (κ2) is 9.28. The third-order valence-electron chi connectivity index (χ3n) is 9.39. The minimum absolute atomic E-state index is 0.131. The van der Waals surface area contributed by atoms with Crippen LogP contribution in [0.15, 0.2) is 42.7 Å². The van der Waals surface area contributed by atoms with Crippen molar-refractivity contribution >= 4 is 0 Å². The number of aryl methyl sites for hydroxylation is 1. The molecule has 1 fully saturated rings. The first-order valence-electron chi connectivity index (χ1n) is 13.9. The average Bonchev–Trinajstić information content (AvgIpc) is 3.54. The maximum absolute atomic E-state index is 14.6. The number of rotatable bonds is 7. The van der Waals surface area contributed by atoms with Crippen LogP contribution in [0.4, 0.5) is 8.78 Å². The number of aromatic nitrogens is 6. The van der Waals surface area contributed by atoms with Gasteiger partial charge in [0, 0.05) is 6.42 Å². The fraction of sp³-hybridized carbons (Fsp3) is 0.452. The quantitative estimate of drug-likeness (QED) is 0.261. The molecule has 0 unspecified atom stereocenters. The summed E-state index contributed by atoms with van der Waals surface area (Å²) in [6, 6.07) is 9.87. The molecule has 6 rings (SSSR count). The smallest absolute Gasteiger partial charge is 0.155 e. The van der Waals surface area contributed by atoms with Gasteiger partial charge in [0.1, 0.15) is 18.0 Å². The van der Waals surface area contributed by atoms with Gasteiger partial charge in [-0.1, -0.05) is 46.6 Å². The fourth-order valence-electron chi connectivity index (χ4n) is 7.08. The van der Waals surface area contributed by atoms with Crippen LogP contribution in [0.3, 0.4) is 0 Å². The van der Waals surface area contributed by atoms with Crippen molar-refractivity contribution in [2.45, 2.75) is 78.1 Å². The van der Waals surface area contributed by atoms with Gasteiger partial charge in [0.25, 0.3) is 0 Å². The van der Waals surface area contributed by atoms with E-state index in [2.05, 4.69) is 55.9 Å². The first-order chi connectivity index (χ1) is 18.7. The molecule has 0 radical (unpaired) electrons. The monoisotopic (exact) mass is 528 g/mol. The maximum Gasteiger partial charge on any atom is 0.155 e. The van der Waals surface area contributed by atoms with Crippen molar-refractivity contribution in [2.75, 3.05) is 0 Å². The molecule has 2 aliphatic carbocycles. The molecule has 6 nitrogen and oxygen atoms in total. The van der Waals surface area contributed by atoms with Crippen LogP contribution in [0.25, 0.3) is 17.1 Å². The Labute approximate surface area is 227 Å². The minimum Gasteiger partial charge on any atom is -0.233 e. The highest BCUT2D eigenvalue weighted by Crippen LogP contribution is 2.69. The Bertz CT molecular complexity index is 1540. The maximum atomic E-state index is 14.6. The molecule has 3 heterocycles. The summed E-state index contributed by atoms with van der Waals surface area (Å²) in [5.41, 5.74) is 3.30.